The van der Waals surface area contributed by atoms with E-state index < -0.39 is 0 Å². The van der Waals surface area contributed by atoms with Crippen LogP contribution in [0.5, 0.6) is 0 Å². The summed E-state index contributed by atoms with van der Waals surface area (Å²) < 4.78 is 0. The molecule has 3 N–H and O–H groups in total. The summed E-state index contributed by atoms with van der Waals surface area (Å²) >= 11 is 0. The van der Waals surface area contributed by atoms with E-state index in [0.29, 0.717) is 18.5 Å². The molecule has 0 aliphatic heterocycles. The molecule has 0 spiro atoms. The molecule has 1 rings (SSSR count). The molecule has 0 heterocycles. The number of nitrogens with one attached hydrogen (secondary N) is 1. The number of carbonyl (C=O) groups is 1. The van der Waals surface area contributed by atoms with Crippen molar-refractivity contribution >= 4 is 5.91 Å². The molecular weight excluding hydrogens is 200 g/mol. The van der Waals surface area contributed by atoms with Crippen LogP contribution in [-0.4, -0.2) is 18.0 Å². The summed E-state index contributed by atoms with van der Waals surface area (Å²) in [6, 6.07) is 0.682. The Balaban J connectivity index is 1.86. The number of rotatable bonds is 8. The molecule has 16 heavy (non-hydrogen) atoms. The molecule has 0 aromatic heterocycles. The monoisotopic (exact) mass is 226 g/mol. The van der Waals surface area contributed by atoms with Gasteiger partial charge >= 0.3 is 0 Å². The SMILES string of the molecule is CCCCCCCCC(=O)NC1CC(N)C1. The second-order valence-electron chi connectivity index (χ2n) is 5.01. The van der Waals surface area contributed by atoms with Gasteiger partial charge in [0, 0.05) is 18.5 Å². The zero-order valence-corrected chi connectivity index (χ0v) is 10.5. The Morgan fingerprint density at radius 2 is 1.81 bits per heavy atom. The van der Waals surface area contributed by atoms with E-state index in [4.69, 9.17) is 5.73 Å². The predicted molar refractivity (Wildman–Crippen MR) is 67.1 cm³/mol. The van der Waals surface area contributed by atoms with E-state index in [9.17, 15) is 4.79 Å². The van der Waals surface area contributed by atoms with Crippen LogP contribution in [0.15, 0.2) is 0 Å². The lowest BCUT2D eigenvalue weighted by molar-refractivity contribution is -0.122. The van der Waals surface area contributed by atoms with Crippen molar-refractivity contribution in [2.75, 3.05) is 0 Å². The van der Waals surface area contributed by atoms with Crippen LogP contribution in [0.25, 0.3) is 0 Å². The summed E-state index contributed by atoms with van der Waals surface area (Å²) in [5.74, 6) is 0.215. The van der Waals surface area contributed by atoms with Crippen molar-refractivity contribution in [3.05, 3.63) is 0 Å². The van der Waals surface area contributed by atoms with E-state index >= 15 is 0 Å². The van der Waals surface area contributed by atoms with Crippen LogP contribution in [0.1, 0.15) is 64.7 Å². The van der Waals surface area contributed by atoms with Crippen molar-refractivity contribution in [2.24, 2.45) is 5.73 Å². The summed E-state index contributed by atoms with van der Waals surface area (Å²) in [6.45, 7) is 2.22. The zero-order chi connectivity index (χ0) is 11.8. The molecule has 3 heteroatoms. The van der Waals surface area contributed by atoms with Crippen LogP contribution in [0, 0.1) is 0 Å². The molecule has 0 aromatic carbocycles. The van der Waals surface area contributed by atoms with Crippen molar-refractivity contribution in [3.8, 4) is 0 Å². The largest absolute Gasteiger partial charge is 0.353 e. The molecule has 94 valence electrons. The molecule has 1 aliphatic rings. The van der Waals surface area contributed by atoms with E-state index in [-0.39, 0.29) is 5.91 Å². The first kappa shape index (κ1) is 13.5. The first-order valence-electron chi connectivity index (χ1n) is 6.77. The van der Waals surface area contributed by atoms with Crippen LogP contribution >= 0.6 is 0 Å². The Bertz CT molecular complexity index is 200. The summed E-state index contributed by atoms with van der Waals surface area (Å²) in [5, 5.41) is 3.03. The van der Waals surface area contributed by atoms with Crippen LogP contribution in [0.3, 0.4) is 0 Å². The van der Waals surface area contributed by atoms with Gasteiger partial charge in [-0.1, -0.05) is 39.0 Å². The molecular formula is C13H26N2O. The van der Waals surface area contributed by atoms with Gasteiger partial charge in [-0.25, -0.2) is 0 Å². The van der Waals surface area contributed by atoms with E-state index in [1.165, 1.54) is 32.1 Å². The topological polar surface area (TPSA) is 55.1 Å². The Morgan fingerprint density at radius 1 is 1.19 bits per heavy atom. The van der Waals surface area contributed by atoms with Gasteiger partial charge in [0.2, 0.25) is 5.91 Å². The smallest absolute Gasteiger partial charge is 0.220 e. The predicted octanol–water partition coefficient (Wildman–Crippen LogP) is 2.34. The second kappa shape index (κ2) is 7.66. The average molecular weight is 226 g/mol. The van der Waals surface area contributed by atoms with E-state index in [2.05, 4.69) is 12.2 Å². The van der Waals surface area contributed by atoms with Crippen molar-refractivity contribution in [1.29, 1.82) is 0 Å². The molecule has 0 saturated heterocycles. The fourth-order valence-corrected chi connectivity index (χ4v) is 2.15. The van der Waals surface area contributed by atoms with Crippen molar-refractivity contribution < 1.29 is 4.79 Å². The molecule has 3 nitrogen and oxygen atoms in total. The van der Waals surface area contributed by atoms with Crippen molar-refractivity contribution in [1.82, 2.24) is 5.32 Å². The molecule has 1 saturated carbocycles. The Morgan fingerprint density at radius 3 is 2.44 bits per heavy atom. The van der Waals surface area contributed by atoms with Crippen LogP contribution in [0.4, 0.5) is 0 Å². The highest BCUT2D eigenvalue weighted by Gasteiger charge is 2.26. The summed E-state index contributed by atoms with van der Waals surface area (Å²) in [5.41, 5.74) is 5.66. The minimum atomic E-state index is 0.215. The van der Waals surface area contributed by atoms with Gasteiger partial charge in [0.05, 0.1) is 0 Å². The van der Waals surface area contributed by atoms with E-state index in [1.54, 1.807) is 0 Å². The highest BCUT2D eigenvalue weighted by molar-refractivity contribution is 5.76. The number of amides is 1. The van der Waals surface area contributed by atoms with Crippen LogP contribution in [0.2, 0.25) is 0 Å². The number of nitrogens with two attached hydrogens (primary N) is 1. The average Bonchev–Trinajstić information content (AvgIpc) is 2.21. The first-order chi connectivity index (χ1) is 7.72. The molecule has 0 bridgehead atoms. The first-order valence-corrected chi connectivity index (χ1v) is 6.77. The lowest BCUT2D eigenvalue weighted by Gasteiger charge is -2.32. The van der Waals surface area contributed by atoms with Crippen molar-refractivity contribution in [3.63, 3.8) is 0 Å². The second-order valence-corrected chi connectivity index (χ2v) is 5.01. The van der Waals surface area contributed by atoms with Crippen molar-refractivity contribution in [2.45, 2.75) is 76.8 Å². The maximum absolute atomic E-state index is 11.5. The third-order valence-electron chi connectivity index (χ3n) is 3.30. The molecule has 1 fully saturated rings. The Hall–Kier alpha value is -0.570. The lowest BCUT2D eigenvalue weighted by Crippen LogP contribution is -2.50. The highest BCUT2D eigenvalue weighted by Crippen LogP contribution is 2.17. The third kappa shape index (κ3) is 5.50. The van der Waals surface area contributed by atoms with Gasteiger partial charge in [0.15, 0.2) is 0 Å². The summed E-state index contributed by atoms with van der Waals surface area (Å²) in [6.07, 6.45) is 10.0. The third-order valence-corrected chi connectivity index (χ3v) is 3.30. The minimum Gasteiger partial charge on any atom is -0.353 e. The van der Waals surface area contributed by atoms with Crippen LogP contribution in [-0.2, 0) is 4.79 Å². The number of hydrogen-bond acceptors (Lipinski definition) is 2. The molecule has 0 atom stereocenters. The maximum Gasteiger partial charge on any atom is 0.220 e. The quantitative estimate of drug-likeness (QED) is 0.624. The fraction of sp³-hybridized carbons (Fsp3) is 0.923. The van der Waals surface area contributed by atoms with Crippen LogP contribution < -0.4 is 11.1 Å². The minimum absolute atomic E-state index is 0.215. The molecule has 1 amide bonds. The standard InChI is InChI=1S/C13H26N2O/c1-2-3-4-5-6-7-8-13(16)15-12-9-11(14)10-12/h11-12H,2-10,14H2,1H3,(H,15,16). The summed E-state index contributed by atoms with van der Waals surface area (Å²) in [7, 11) is 0. The van der Waals surface area contributed by atoms with Gasteiger partial charge in [0.25, 0.3) is 0 Å². The van der Waals surface area contributed by atoms with Gasteiger partial charge in [0.1, 0.15) is 0 Å². The maximum atomic E-state index is 11.5. The van der Waals surface area contributed by atoms with Gasteiger partial charge in [-0.2, -0.15) is 0 Å². The molecule has 1 aliphatic carbocycles. The number of unbranched alkanes of at least 4 members (excludes halogenated alkanes) is 5. The van der Waals surface area contributed by atoms with Gasteiger partial charge in [-0.3, -0.25) is 4.79 Å². The normalized spacial score (nSPS) is 23.9. The highest BCUT2D eigenvalue weighted by atomic mass is 16.1. The lowest BCUT2D eigenvalue weighted by atomic mass is 9.87. The van der Waals surface area contributed by atoms with E-state index in [1.807, 2.05) is 0 Å². The fourth-order valence-electron chi connectivity index (χ4n) is 2.15. The molecule has 0 radical (unpaired) electrons. The van der Waals surface area contributed by atoms with Gasteiger partial charge in [-0.05, 0) is 19.3 Å². The van der Waals surface area contributed by atoms with Gasteiger partial charge < -0.3 is 11.1 Å². The number of hydrogen-bond donors (Lipinski definition) is 2. The Kier molecular flexibility index (Phi) is 6.46. The van der Waals surface area contributed by atoms with E-state index in [0.717, 1.165) is 19.3 Å². The molecule has 0 aromatic rings. The zero-order valence-electron chi connectivity index (χ0n) is 10.5. The molecule has 0 unspecified atom stereocenters. The van der Waals surface area contributed by atoms with Gasteiger partial charge in [-0.15, -0.1) is 0 Å². The Labute approximate surface area is 99.2 Å². The summed E-state index contributed by atoms with van der Waals surface area (Å²) in [4.78, 5) is 11.5. The number of carbonyl (C=O) groups excluding carboxylic acids is 1.